The Hall–Kier alpha value is -4.08. The van der Waals surface area contributed by atoms with Crippen LogP contribution in [0.2, 0.25) is 0 Å². The molecule has 10 heteroatoms. The Balaban J connectivity index is 1.77. The minimum atomic E-state index is -0.600. The van der Waals surface area contributed by atoms with E-state index in [-0.39, 0.29) is 11.1 Å². The minimum absolute atomic E-state index is 0.179. The Morgan fingerprint density at radius 2 is 1.48 bits per heavy atom. The second-order valence-electron chi connectivity index (χ2n) is 6.67. The van der Waals surface area contributed by atoms with Crippen LogP contribution in [-0.4, -0.2) is 41.8 Å². The summed E-state index contributed by atoms with van der Waals surface area (Å²) in [6.07, 6.45) is 1.32. The number of benzene rings is 2. The molecule has 0 unspecified atom stereocenters. The van der Waals surface area contributed by atoms with Gasteiger partial charge >= 0.3 is 0 Å². The van der Waals surface area contributed by atoms with Crippen molar-refractivity contribution in [3.63, 3.8) is 0 Å². The summed E-state index contributed by atoms with van der Waals surface area (Å²) in [6.45, 7) is 6.57. The van der Waals surface area contributed by atoms with Crippen molar-refractivity contribution in [1.29, 1.82) is 0 Å². The van der Waals surface area contributed by atoms with E-state index in [4.69, 9.17) is 14.2 Å². The van der Waals surface area contributed by atoms with Crippen molar-refractivity contribution in [3.05, 3.63) is 59.5 Å². The maximum atomic E-state index is 13.2. The van der Waals surface area contributed by atoms with E-state index in [1.807, 2.05) is 20.8 Å². The SMILES string of the molecule is CCOc1cc(C(=O)NNC(=O)c2cn[nH]c2-c2ccc(F)cc2)cc(OCC)c1OCC. The van der Waals surface area contributed by atoms with E-state index >= 15 is 0 Å². The first-order chi connectivity index (χ1) is 16.0. The van der Waals surface area contributed by atoms with Gasteiger partial charge in [-0.25, -0.2) is 4.39 Å². The summed E-state index contributed by atoms with van der Waals surface area (Å²) in [7, 11) is 0. The van der Waals surface area contributed by atoms with Crippen molar-refractivity contribution in [2.24, 2.45) is 0 Å². The number of nitrogens with one attached hydrogen (secondary N) is 3. The predicted molar refractivity (Wildman–Crippen MR) is 119 cm³/mol. The maximum absolute atomic E-state index is 13.2. The third kappa shape index (κ3) is 5.59. The van der Waals surface area contributed by atoms with Crippen molar-refractivity contribution < 1.29 is 28.2 Å². The first-order valence-corrected chi connectivity index (χ1v) is 10.4. The lowest BCUT2D eigenvalue weighted by molar-refractivity contribution is 0.0846. The fourth-order valence-corrected chi connectivity index (χ4v) is 3.07. The van der Waals surface area contributed by atoms with Crippen LogP contribution in [0.4, 0.5) is 4.39 Å². The smallest absolute Gasteiger partial charge is 0.273 e. The lowest BCUT2D eigenvalue weighted by Crippen LogP contribution is -2.41. The minimum Gasteiger partial charge on any atom is -0.490 e. The van der Waals surface area contributed by atoms with Crippen molar-refractivity contribution in [1.82, 2.24) is 21.0 Å². The standard InChI is InChI=1S/C23H25FN4O5/c1-4-31-18-11-15(12-19(32-5-2)21(18)33-6-3)22(29)27-28-23(30)17-13-25-26-20(17)14-7-9-16(24)10-8-14/h7-13H,4-6H2,1-3H3,(H,25,26)(H,27,29)(H,28,30). The largest absolute Gasteiger partial charge is 0.490 e. The third-order valence-electron chi connectivity index (χ3n) is 4.48. The van der Waals surface area contributed by atoms with Crippen molar-refractivity contribution in [2.45, 2.75) is 20.8 Å². The Morgan fingerprint density at radius 3 is 2.06 bits per heavy atom. The van der Waals surface area contributed by atoms with Gasteiger partial charge in [-0.1, -0.05) is 0 Å². The van der Waals surface area contributed by atoms with Crippen LogP contribution in [0.15, 0.2) is 42.6 Å². The summed E-state index contributed by atoms with van der Waals surface area (Å²) in [5.41, 5.74) is 6.08. The normalized spacial score (nSPS) is 10.4. The first kappa shape index (κ1) is 23.6. The summed E-state index contributed by atoms with van der Waals surface area (Å²) in [5.74, 6) is -0.461. The lowest BCUT2D eigenvalue weighted by atomic mass is 10.1. The second kappa shape index (κ2) is 11.0. The molecule has 0 radical (unpaired) electrons. The van der Waals surface area contributed by atoms with Gasteiger partial charge in [0, 0.05) is 11.1 Å². The molecule has 3 aromatic rings. The molecule has 2 amide bonds. The predicted octanol–water partition coefficient (Wildman–Crippen LogP) is 3.49. The van der Waals surface area contributed by atoms with E-state index in [9.17, 15) is 14.0 Å². The number of aromatic amines is 1. The van der Waals surface area contributed by atoms with Gasteiger partial charge in [0.05, 0.1) is 37.3 Å². The number of nitrogens with zero attached hydrogens (tertiary/aromatic N) is 1. The lowest BCUT2D eigenvalue weighted by Gasteiger charge is -2.17. The Kier molecular flexibility index (Phi) is 7.85. The monoisotopic (exact) mass is 456 g/mol. The molecule has 0 bridgehead atoms. The van der Waals surface area contributed by atoms with Gasteiger partial charge in [-0.05, 0) is 57.2 Å². The van der Waals surface area contributed by atoms with Crippen molar-refractivity contribution in [3.8, 4) is 28.5 Å². The van der Waals surface area contributed by atoms with Gasteiger partial charge in [0.1, 0.15) is 5.82 Å². The molecule has 33 heavy (non-hydrogen) atoms. The molecule has 3 N–H and O–H groups in total. The van der Waals surface area contributed by atoms with Gasteiger partial charge in [-0.3, -0.25) is 25.5 Å². The molecule has 0 atom stereocenters. The fraction of sp³-hybridized carbons (Fsp3) is 0.261. The average molecular weight is 456 g/mol. The van der Waals surface area contributed by atoms with Crippen LogP contribution in [0.5, 0.6) is 17.2 Å². The Labute approximate surface area is 190 Å². The number of H-pyrrole nitrogens is 1. The van der Waals surface area contributed by atoms with Gasteiger partial charge in [0.15, 0.2) is 11.5 Å². The number of carbonyl (C=O) groups excluding carboxylic acids is 2. The highest BCUT2D eigenvalue weighted by Gasteiger charge is 2.20. The van der Waals surface area contributed by atoms with E-state index in [0.717, 1.165) is 0 Å². The molecule has 0 saturated carbocycles. The van der Waals surface area contributed by atoms with Crippen LogP contribution in [0.1, 0.15) is 41.5 Å². The third-order valence-corrected chi connectivity index (χ3v) is 4.48. The second-order valence-corrected chi connectivity index (χ2v) is 6.67. The molecule has 0 aliphatic rings. The zero-order valence-corrected chi connectivity index (χ0v) is 18.5. The van der Waals surface area contributed by atoms with Gasteiger partial charge in [0.2, 0.25) is 5.75 Å². The molecule has 174 valence electrons. The Bertz CT molecular complexity index is 1090. The highest BCUT2D eigenvalue weighted by Crippen LogP contribution is 2.39. The summed E-state index contributed by atoms with van der Waals surface area (Å²) >= 11 is 0. The summed E-state index contributed by atoms with van der Waals surface area (Å²) < 4.78 is 30.1. The zero-order valence-electron chi connectivity index (χ0n) is 18.5. The number of carbonyl (C=O) groups is 2. The molecule has 1 aromatic heterocycles. The topological polar surface area (TPSA) is 115 Å². The number of amides is 2. The average Bonchev–Trinajstić information content (AvgIpc) is 3.30. The van der Waals surface area contributed by atoms with Crippen LogP contribution in [0.25, 0.3) is 11.3 Å². The molecule has 3 rings (SSSR count). The summed E-state index contributed by atoms with van der Waals surface area (Å²) in [5, 5.41) is 6.59. The maximum Gasteiger partial charge on any atom is 0.273 e. The van der Waals surface area contributed by atoms with Gasteiger partial charge in [-0.15, -0.1) is 0 Å². The molecule has 0 aliphatic heterocycles. The van der Waals surface area contributed by atoms with Crippen LogP contribution in [-0.2, 0) is 0 Å². The summed E-state index contributed by atoms with van der Waals surface area (Å²) in [6, 6.07) is 8.61. The number of hydrogen-bond donors (Lipinski definition) is 3. The quantitative estimate of drug-likeness (QED) is 0.425. The van der Waals surface area contributed by atoms with E-state index < -0.39 is 17.6 Å². The van der Waals surface area contributed by atoms with Crippen molar-refractivity contribution in [2.75, 3.05) is 19.8 Å². The highest BCUT2D eigenvalue weighted by atomic mass is 19.1. The van der Waals surface area contributed by atoms with E-state index in [1.54, 1.807) is 0 Å². The van der Waals surface area contributed by atoms with Crippen LogP contribution < -0.4 is 25.1 Å². The molecular weight excluding hydrogens is 431 g/mol. The molecule has 0 aliphatic carbocycles. The highest BCUT2D eigenvalue weighted by molar-refractivity contribution is 6.02. The number of rotatable bonds is 9. The van der Waals surface area contributed by atoms with E-state index in [2.05, 4.69) is 21.0 Å². The molecule has 2 aromatic carbocycles. The molecular formula is C23H25FN4O5. The van der Waals surface area contributed by atoms with Gasteiger partial charge < -0.3 is 14.2 Å². The van der Waals surface area contributed by atoms with Crippen LogP contribution in [0.3, 0.4) is 0 Å². The number of hydrogen-bond acceptors (Lipinski definition) is 6. The molecule has 0 spiro atoms. The number of hydrazine groups is 1. The Morgan fingerprint density at radius 1 is 0.909 bits per heavy atom. The van der Waals surface area contributed by atoms with Gasteiger partial charge in [-0.2, -0.15) is 5.10 Å². The molecule has 0 saturated heterocycles. The number of aromatic nitrogens is 2. The van der Waals surface area contributed by atoms with Crippen LogP contribution in [0, 0.1) is 5.82 Å². The van der Waals surface area contributed by atoms with E-state index in [0.29, 0.717) is 48.3 Å². The summed E-state index contributed by atoms with van der Waals surface area (Å²) in [4.78, 5) is 25.4. The molecule has 0 fully saturated rings. The van der Waals surface area contributed by atoms with E-state index in [1.165, 1.54) is 42.6 Å². The van der Waals surface area contributed by atoms with Gasteiger partial charge in [0.25, 0.3) is 11.8 Å². The fourth-order valence-electron chi connectivity index (χ4n) is 3.07. The molecule has 1 heterocycles. The first-order valence-electron chi connectivity index (χ1n) is 10.4. The molecule has 9 nitrogen and oxygen atoms in total. The van der Waals surface area contributed by atoms with Crippen molar-refractivity contribution >= 4 is 11.8 Å². The number of halogens is 1. The van der Waals surface area contributed by atoms with Crippen LogP contribution >= 0.6 is 0 Å². The number of ether oxygens (including phenoxy) is 3. The zero-order chi connectivity index (χ0) is 23.8.